The lowest BCUT2D eigenvalue weighted by Gasteiger charge is -2.22. The number of rotatable bonds is 5. The highest BCUT2D eigenvalue weighted by atomic mass is 127. The quantitative estimate of drug-likeness (QED) is 0.378. The minimum atomic E-state index is -3.03. The maximum Gasteiger partial charge on any atom is 0.193 e. The van der Waals surface area contributed by atoms with E-state index in [0.29, 0.717) is 12.5 Å². The first-order chi connectivity index (χ1) is 12.9. The van der Waals surface area contributed by atoms with Crippen LogP contribution in [-0.2, 0) is 22.1 Å². The van der Waals surface area contributed by atoms with Gasteiger partial charge in [0.2, 0.25) is 0 Å². The van der Waals surface area contributed by atoms with E-state index in [1.54, 1.807) is 7.05 Å². The van der Waals surface area contributed by atoms with Crippen molar-refractivity contribution in [3.63, 3.8) is 0 Å². The number of hydrogen-bond donors (Lipinski definition) is 1. The summed E-state index contributed by atoms with van der Waals surface area (Å²) in [5, 5.41) is 3.42. The van der Waals surface area contributed by atoms with Crippen LogP contribution in [0.25, 0.3) is 0 Å². The second-order valence-electron chi connectivity index (χ2n) is 7.13. The van der Waals surface area contributed by atoms with Crippen LogP contribution in [0.4, 0.5) is 0 Å². The SMILES string of the molecule is CN=C(NCc1cccc(CS(C)(=O)=O)c1)N1CCC(c2ccccc2)C1.I. The molecule has 1 aliphatic heterocycles. The summed E-state index contributed by atoms with van der Waals surface area (Å²) in [7, 11) is -1.22. The van der Waals surface area contributed by atoms with Gasteiger partial charge in [-0.25, -0.2) is 8.42 Å². The normalized spacial score (nSPS) is 17.3. The van der Waals surface area contributed by atoms with Crippen LogP contribution in [0.3, 0.4) is 0 Å². The van der Waals surface area contributed by atoms with Crippen molar-refractivity contribution in [3.8, 4) is 0 Å². The van der Waals surface area contributed by atoms with Crippen LogP contribution in [0, 0.1) is 0 Å². The molecule has 5 nitrogen and oxygen atoms in total. The van der Waals surface area contributed by atoms with E-state index < -0.39 is 9.84 Å². The van der Waals surface area contributed by atoms with Crippen LogP contribution in [0.1, 0.15) is 29.0 Å². The van der Waals surface area contributed by atoms with Crippen LogP contribution >= 0.6 is 24.0 Å². The monoisotopic (exact) mass is 513 g/mol. The molecule has 0 radical (unpaired) electrons. The van der Waals surface area contributed by atoms with E-state index in [0.717, 1.165) is 36.6 Å². The van der Waals surface area contributed by atoms with E-state index in [9.17, 15) is 8.42 Å². The number of nitrogens with one attached hydrogen (secondary N) is 1. The molecular weight excluding hydrogens is 485 g/mol. The van der Waals surface area contributed by atoms with Gasteiger partial charge in [-0.2, -0.15) is 0 Å². The number of halogens is 1. The molecular formula is C21H28IN3O2S. The van der Waals surface area contributed by atoms with Gasteiger partial charge in [-0.3, -0.25) is 4.99 Å². The molecule has 1 N–H and O–H groups in total. The molecule has 0 aliphatic carbocycles. The highest BCUT2D eigenvalue weighted by molar-refractivity contribution is 14.0. The van der Waals surface area contributed by atoms with Crippen molar-refractivity contribution in [2.45, 2.75) is 24.6 Å². The molecule has 3 rings (SSSR count). The fraction of sp³-hybridized carbons (Fsp3) is 0.381. The molecule has 1 atom stereocenters. The van der Waals surface area contributed by atoms with Crippen molar-refractivity contribution in [2.24, 2.45) is 4.99 Å². The number of benzene rings is 2. The average molecular weight is 513 g/mol. The first-order valence-corrected chi connectivity index (χ1v) is 11.3. The Labute approximate surface area is 185 Å². The predicted molar refractivity (Wildman–Crippen MR) is 126 cm³/mol. The Morgan fingerprint density at radius 3 is 2.54 bits per heavy atom. The lowest BCUT2D eigenvalue weighted by molar-refractivity contribution is 0.486. The molecule has 2 aromatic carbocycles. The van der Waals surface area contributed by atoms with E-state index in [-0.39, 0.29) is 29.7 Å². The van der Waals surface area contributed by atoms with Crippen LogP contribution < -0.4 is 5.32 Å². The summed E-state index contributed by atoms with van der Waals surface area (Å²) in [5.41, 5.74) is 3.25. The summed E-state index contributed by atoms with van der Waals surface area (Å²) in [5.74, 6) is 1.49. The Hall–Kier alpha value is -1.61. The van der Waals surface area contributed by atoms with Gasteiger partial charge in [0, 0.05) is 38.9 Å². The standard InChI is InChI=1S/C21H27N3O2S.HI/c1-22-21(24-12-11-20(15-24)19-9-4-3-5-10-19)23-14-17-7-6-8-18(13-17)16-27(2,25)26;/h3-10,13,20H,11-12,14-16H2,1-2H3,(H,22,23);1H. The molecule has 0 saturated carbocycles. The van der Waals surface area contributed by atoms with E-state index in [4.69, 9.17) is 0 Å². The molecule has 1 unspecified atom stereocenters. The van der Waals surface area contributed by atoms with E-state index >= 15 is 0 Å². The van der Waals surface area contributed by atoms with Crippen LogP contribution in [0.5, 0.6) is 0 Å². The molecule has 0 amide bonds. The minimum Gasteiger partial charge on any atom is -0.352 e. The summed E-state index contributed by atoms with van der Waals surface area (Å²) in [6.07, 6.45) is 2.38. The van der Waals surface area contributed by atoms with Crippen LogP contribution in [0.15, 0.2) is 59.6 Å². The van der Waals surface area contributed by atoms with Crippen molar-refractivity contribution >= 4 is 39.8 Å². The predicted octanol–water partition coefficient (Wildman–Crippen LogP) is 3.41. The molecule has 2 aromatic rings. The van der Waals surface area contributed by atoms with Crippen molar-refractivity contribution in [2.75, 3.05) is 26.4 Å². The summed E-state index contributed by atoms with van der Waals surface area (Å²) in [4.78, 5) is 6.72. The van der Waals surface area contributed by atoms with Gasteiger partial charge >= 0.3 is 0 Å². The number of sulfone groups is 1. The number of aliphatic imine (C=N–C) groups is 1. The third kappa shape index (κ3) is 6.48. The summed E-state index contributed by atoms with van der Waals surface area (Å²) in [6.45, 7) is 2.56. The van der Waals surface area contributed by atoms with Crippen molar-refractivity contribution in [1.29, 1.82) is 0 Å². The number of likely N-dealkylation sites (tertiary alicyclic amines) is 1. The van der Waals surface area contributed by atoms with Crippen molar-refractivity contribution in [3.05, 3.63) is 71.3 Å². The Morgan fingerprint density at radius 2 is 1.86 bits per heavy atom. The zero-order valence-electron chi connectivity index (χ0n) is 16.3. The van der Waals surface area contributed by atoms with Crippen LogP contribution in [-0.4, -0.2) is 45.7 Å². The Balaban J connectivity index is 0.00000280. The lowest BCUT2D eigenvalue weighted by atomic mass is 9.99. The zero-order valence-corrected chi connectivity index (χ0v) is 19.5. The van der Waals surface area contributed by atoms with E-state index in [1.807, 2.05) is 24.3 Å². The van der Waals surface area contributed by atoms with Gasteiger partial charge in [-0.05, 0) is 23.1 Å². The van der Waals surface area contributed by atoms with Gasteiger partial charge in [0.25, 0.3) is 0 Å². The molecule has 1 heterocycles. The first-order valence-electron chi connectivity index (χ1n) is 9.21. The molecule has 0 bridgehead atoms. The van der Waals surface area contributed by atoms with Crippen molar-refractivity contribution in [1.82, 2.24) is 10.2 Å². The van der Waals surface area contributed by atoms with Gasteiger partial charge in [-0.15, -0.1) is 24.0 Å². The summed E-state index contributed by atoms with van der Waals surface area (Å²) in [6, 6.07) is 18.3. The van der Waals surface area contributed by atoms with Crippen molar-refractivity contribution < 1.29 is 8.42 Å². The maximum absolute atomic E-state index is 11.5. The average Bonchev–Trinajstić information content (AvgIpc) is 3.12. The first kappa shape index (κ1) is 22.7. The third-order valence-corrected chi connectivity index (χ3v) is 5.70. The highest BCUT2D eigenvalue weighted by Crippen LogP contribution is 2.26. The third-order valence-electron chi connectivity index (χ3n) is 4.84. The lowest BCUT2D eigenvalue weighted by Crippen LogP contribution is -2.39. The van der Waals surface area contributed by atoms with Gasteiger partial charge in [-0.1, -0.05) is 54.6 Å². The van der Waals surface area contributed by atoms with Gasteiger partial charge in [0.1, 0.15) is 0 Å². The molecule has 7 heteroatoms. The fourth-order valence-corrected chi connectivity index (χ4v) is 4.38. The van der Waals surface area contributed by atoms with E-state index in [2.05, 4.69) is 45.5 Å². The number of nitrogens with zero attached hydrogens (tertiary/aromatic N) is 2. The Kier molecular flexibility index (Phi) is 8.30. The van der Waals surface area contributed by atoms with Crippen LogP contribution in [0.2, 0.25) is 0 Å². The maximum atomic E-state index is 11.5. The Morgan fingerprint density at radius 1 is 1.14 bits per heavy atom. The Bertz CT molecular complexity index is 901. The number of guanidine groups is 1. The topological polar surface area (TPSA) is 61.8 Å². The molecule has 1 fully saturated rings. The van der Waals surface area contributed by atoms with Gasteiger partial charge in [0.05, 0.1) is 5.75 Å². The minimum absolute atomic E-state index is 0. The van der Waals surface area contributed by atoms with E-state index in [1.165, 1.54) is 11.8 Å². The molecule has 1 saturated heterocycles. The molecule has 1 aliphatic rings. The molecule has 0 spiro atoms. The number of hydrogen-bond acceptors (Lipinski definition) is 3. The summed E-state index contributed by atoms with van der Waals surface area (Å²) < 4.78 is 23.0. The second kappa shape index (κ2) is 10.2. The summed E-state index contributed by atoms with van der Waals surface area (Å²) >= 11 is 0. The van der Waals surface area contributed by atoms with Gasteiger partial charge in [0.15, 0.2) is 15.8 Å². The second-order valence-corrected chi connectivity index (χ2v) is 9.27. The fourth-order valence-electron chi connectivity index (χ4n) is 3.60. The largest absolute Gasteiger partial charge is 0.352 e. The molecule has 28 heavy (non-hydrogen) atoms. The molecule has 152 valence electrons. The smallest absolute Gasteiger partial charge is 0.193 e. The van der Waals surface area contributed by atoms with Gasteiger partial charge < -0.3 is 10.2 Å². The molecule has 0 aromatic heterocycles. The highest BCUT2D eigenvalue weighted by Gasteiger charge is 2.25. The zero-order chi connectivity index (χ0) is 19.3.